The molecule has 0 amide bonds. The number of hydrogen-bond donors (Lipinski definition) is 0. The second-order valence-corrected chi connectivity index (χ2v) is 8.26. The third-order valence-corrected chi connectivity index (χ3v) is 6.32. The van der Waals surface area contributed by atoms with Crippen LogP contribution in [0.25, 0.3) is 0 Å². The van der Waals surface area contributed by atoms with Gasteiger partial charge in [-0.05, 0) is 31.2 Å². The van der Waals surface area contributed by atoms with Crippen molar-refractivity contribution in [3.8, 4) is 0 Å². The number of ether oxygens (including phenoxy) is 2. The average molecular weight is 403 g/mol. The van der Waals surface area contributed by atoms with Gasteiger partial charge in [0.15, 0.2) is 6.10 Å². The number of carbonyl (C=O) groups excluding carboxylic acids is 2. The highest BCUT2D eigenvalue weighted by Crippen LogP contribution is 2.18. The van der Waals surface area contributed by atoms with E-state index >= 15 is 0 Å². The number of hydrogen-bond acceptors (Lipinski definition) is 6. The van der Waals surface area contributed by atoms with Gasteiger partial charge in [-0.3, -0.25) is 4.79 Å². The van der Waals surface area contributed by atoms with Crippen LogP contribution in [0, 0.1) is 0 Å². The van der Waals surface area contributed by atoms with Gasteiger partial charge in [0, 0.05) is 18.7 Å². The van der Waals surface area contributed by atoms with Crippen LogP contribution >= 0.6 is 0 Å². The molecule has 0 radical (unpaired) electrons. The van der Waals surface area contributed by atoms with E-state index in [2.05, 4.69) is 0 Å². The molecule has 1 unspecified atom stereocenters. The van der Waals surface area contributed by atoms with E-state index in [4.69, 9.17) is 9.47 Å². The second kappa shape index (κ2) is 8.64. The van der Waals surface area contributed by atoms with Crippen LogP contribution in [0.15, 0.2) is 59.5 Å². The smallest absolute Gasteiger partial charge is 0.338 e. The highest BCUT2D eigenvalue weighted by molar-refractivity contribution is 7.89. The number of esters is 1. The Bertz CT molecular complexity index is 934. The molecule has 148 valence electrons. The number of rotatable bonds is 6. The summed E-state index contributed by atoms with van der Waals surface area (Å²) in [7, 11) is -3.63. The van der Waals surface area contributed by atoms with Crippen LogP contribution in [-0.2, 0) is 19.5 Å². The maximum atomic E-state index is 12.6. The van der Waals surface area contributed by atoms with Crippen LogP contribution in [0.3, 0.4) is 0 Å². The first-order chi connectivity index (χ1) is 13.4. The lowest BCUT2D eigenvalue weighted by Gasteiger charge is -2.26. The van der Waals surface area contributed by atoms with Gasteiger partial charge < -0.3 is 9.47 Å². The quantitative estimate of drug-likeness (QED) is 0.542. The summed E-state index contributed by atoms with van der Waals surface area (Å²) in [5.41, 5.74) is 0.628. The summed E-state index contributed by atoms with van der Waals surface area (Å²) < 4.78 is 37.0. The van der Waals surface area contributed by atoms with E-state index < -0.39 is 22.1 Å². The first kappa shape index (κ1) is 20.2. The zero-order valence-electron chi connectivity index (χ0n) is 15.4. The Labute approximate surface area is 163 Å². The number of ketones is 1. The molecule has 0 aliphatic carbocycles. The molecular formula is C20H21NO6S. The molecule has 3 rings (SSSR count). The van der Waals surface area contributed by atoms with Crippen molar-refractivity contribution in [2.75, 3.05) is 26.3 Å². The molecule has 0 saturated carbocycles. The molecule has 0 aromatic heterocycles. The minimum absolute atomic E-state index is 0.0966. The first-order valence-electron chi connectivity index (χ1n) is 8.88. The molecule has 8 heteroatoms. The highest BCUT2D eigenvalue weighted by Gasteiger charge is 2.27. The summed E-state index contributed by atoms with van der Waals surface area (Å²) in [5, 5.41) is 0. The minimum atomic E-state index is -3.63. The molecule has 1 saturated heterocycles. The average Bonchev–Trinajstić information content (AvgIpc) is 2.74. The van der Waals surface area contributed by atoms with Crippen molar-refractivity contribution >= 4 is 21.8 Å². The molecule has 2 aromatic rings. The van der Waals surface area contributed by atoms with Crippen molar-refractivity contribution < 1.29 is 27.5 Å². The van der Waals surface area contributed by atoms with Gasteiger partial charge in [-0.15, -0.1) is 0 Å². The predicted octanol–water partition coefficient (Wildman–Crippen LogP) is 2.14. The van der Waals surface area contributed by atoms with Gasteiger partial charge in [-0.1, -0.05) is 30.3 Å². The molecule has 2 aromatic carbocycles. The summed E-state index contributed by atoms with van der Waals surface area (Å²) in [6.07, 6.45) is -0.952. The van der Waals surface area contributed by atoms with Crippen LogP contribution in [0.1, 0.15) is 27.6 Å². The van der Waals surface area contributed by atoms with Crippen molar-refractivity contribution in [1.82, 2.24) is 4.31 Å². The van der Waals surface area contributed by atoms with E-state index in [1.54, 1.807) is 30.3 Å². The van der Waals surface area contributed by atoms with Gasteiger partial charge in [-0.2, -0.15) is 4.31 Å². The van der Waals surface area contributed by atoms with E-state index in [1.165, 1.54) is 35.5 Å². The summed E-state index contributed by atoms with van der Waals surface area (Å²) >= 11 is 0. The van der Waals surface area contributed by atoms with E-state index in [9.17, 15) is 18.0 Å². The Morgan fingerprint density at radius 2 is 1.57 bits per heavy atom. The number of morpholine rings is 1. The second-order valence-electron chi connectivity index (χ2n) is 6.32. The zero-order valence-corrected chi connectivity index (χ0v) is 16.2. The Morgan fingerprint density at radius 1 is 0.964 bits per heavy atom. The first-order valence-corrected chi connectivity index (χ1v) is 10.3. The molecule has 0 N–H and O–H groups in total. The molecular weight excluding hydrogens is 382 g/mol. The van der Waals surface area contributed by atoms with Crippen LogP contribution < -0.4 is 0 Å². The molecule has 1 atom stereocenters. The fraction of sp³-hybridized carbons (Fsp3) is 0.300. The molecule has 0 bridgehead atoms. The largest absolute Gasteiger partial charge is 0.451 e. The van der Waals surface area contributed by atoms with Crippen molar-refractivity contribution in [1.29, 1.82) is 0 Å². The van der Waals surface area contributed by atoms with Gasteiger partial charge >= 0.3 is 5.97 Å². The van der Waals surface area contributed by atoms with Crippen LogP contribution in [0.2, 0.25) is 0 Å². The van der Waals surface area contributed by atoms with Gasteiger partial charge in [0.1, 0.15) is 0 Å². The number of nitrogens with zero attached hydrogens (tertiary/aromatic N) is 1. The van der Waals surface area contributed by atoms with Crippen molar-refractivity contribution in [2.24, 2.45) is 0 Å². The Hall–Kier alpha value is -2.55. The Balaban J connectivity index is 1.67. The summed E-state index contributed by atoms with van der Waals surface area (Å²) in [6.45, 7) is 2.81. The molecule has 28 heavy (non-hydrogen) atoms. The summed E-state index contributed by atoms with van der Waals surface area (Å²) in [4.78, 5) is 24.7. The molecule has 7 nitrogen and oxygen atoms in total. The van der Waals surface area contributed by atoms with Crippen LogP contribution in [0.5, 0.6) is 0 Å². The number of carbonyl (C=O) groups is 2. The lowest BCUT2D eigenvalue weighted by Crippen LogP contribution is -2.40. The summed E-state index contributed by atoms with van der Waals surface area (Å²) in [5.74, 6) is -0.993. The van der Waals surface area contributed by atoms with Crippen molar-refractivity contribution in [2.45, 2.75) is 17.9 Å². The van der Waals surface area contributed by atoms with E-state index in [0.29, 0.717) is 31.9 Å². The number of benzene rings is 2. The Morgan fingerprint density at radius 3 is 2.18 bits per heavy atom. The lowest BCUT2D eigenvalue weighted by molar-refractivity contribution is 0.0318. The number of Topliss-reactive ketones (excluding diaryl/α,β-unsaturated/α-hetero) is 1. The van der Waals surface area contributed by atoms with Crippen molar-refractivity contribution in [3.05, 3.63) is 65.7 Å². The topological polar surface area (TPSA) is 90.0 Å². The molecule has 1 fully saturated rings. The number of sulfonamides is 1. The maximum absolute atomic E-state index is 12.6. The fourth-order valence-corrected chi connectivity index (χ4v) is 4.23. The third kappa shape index (κ3) is 4.46. The van der Waals surface area contributed by atoms with E-state index in [1.807, 2.05) is 0 Å². The molecule has 1 aliphatic heterocycles. The van der Waals surface area contributed by atoms with Gasteiger partial charge in [0.05, 0.1) is 23.7 Å². The molecule has 1 aliphatic rings. The van der Waals surface area contributed by atoms with Gasteiger partial charge in [0.2, 0.25) is 15.8 Å². The van der Waals surface area contributed by atoms with E-state index in [-0.39, 0.29) is 16.2 Å². The monoisotopic (exact) mass is 403 g/mol. The highest BCUT2D eigenvalue weighted by atomic mass is 32.2. The SMILES string of the molecule is CC(OC(=O)c1ccc(S(=O)(=O)N2CCOCC2)cc1)C(=O)c1ccccc1. The lowest BCUT2D eigenvalue weighted by atomic mass is 10.1. The van der Waals surface area contributed by atoms with Gasteiger partial charge in [0.25, 0.3) is 0 Å². The maximum Gasteiger partial charge on any atom is 0.338 e. The minimum Gasteiger partial charge on any atom is -0.451 e. The predicted molar refractivity (Wildman–Crippen MR) is 102 cm³/mol. The van der Waals surface area contributed by atoms with Crippen LogP contribution in [0.4, 0.5) is 0 Å². The van der Waals surface area contributed by atoms with Crippen molar-refractivity contribution in [3.63, 3.8) is 0 Å². The van der Waals surface area contributed by atoms with Gasteiger partial charge in [-0.25, -0.2) is 13.2 Å². The van der Waals surface area contributed by atoms with Crippen LogP contribution in [-0.4, -0.2) is 56.9 Å². The molecule has 1 heterocycles. The third-order valence-electron chi connectivity index (χ3n) is 4.41. The zero-order chi connectivity index (χ0) is 20.1. The molecule has 0 spiro atoms. The Kier molecular flexibility index (Phi) is 6.23. The standard InChI is InChI=1S/C20H21NO6S/c1-15(19(22)16-5-3-2-4-6-16)27-20(23)17-7-9-18(10-8-17)28(24,25)21-11-13-26-14-12-21/h2-10,15H,11-14H2,1H3. The summed E-state index contributed by atoms with van der Waals surface area (Å²) in [6, 6.07) is 14.1. The normalized spacial score (nSPS) is 16.3. The van der Waals surface area contributed by atoms with E-state index in [0.717, 1.165) is 0 Å². The fourth-order valence-electron chi connectivity index (χ4n) is 2.82.